The zero-order valence-corrected chi connectivity index (χ0v) is 13.1. The average Bonchev–Trinajstić information content (AvgIpc) is 2.54. The Bertz CT molecular complexity index is 573. The van der Waals surface area contributed by atoms with Crippen molar-refractivity contribution in [2.75, 3.05) is 0 Å². The number of rotatable bonds is 5. The van der Waals surface area contributed by atoms with E-state index in [2.05, 4.69) is 4.74 Å². The van der Waals surface area contributed by atoms with Crippen LogP contribution < -0.4 is 0 Å². The molecule has 1 aliphatic rings. The maximum absolute atomic E-state index is 14.1. The van der Waals surface area contributed by atoms with Crippen LogP contribution in [-0.4, -0.2) is 17.7 Å². The van der Waals surface area contributed by atoms with Crippen molar-refractivity contribution in [2.45, 2.75) is 63.3 Å². The molecule has 2 rings (SSSR count). The molecule has 2 unspecified atom stereocenters. The minimum absolute atomic E-state index is 0.191. The maximum Gasteiger partial charge on any atom is 0.389 e. The zero-order chi connectivity index (χ0) is 18.3. The number of alkyl halides is 5. The minimum Gasteiger partial charge on any atom is -0.313 e. The molecule has 24 heavy (non-hydrogen) atoms. The highest BCUT2D eigenvalue weighted by Gasteiger charge is 2.61. The summed E-state index contributed by atoms with van der Waals surface area (Å²) in [7, 11) is 0. The van der Waals surface area contributed by atoms with E-state index in [1.807, 2.05) is 0 Å². The molecule has 0 saturated heterocycles. The van der Waals surface area contributed by atoms with Gasteiger partial charge in [0, 0.05) is 12.8 Å². The number of ether oxygens (including phenoxy) is 1. The van der Waals surface area contributed by atoms with E-state index >= 15 is 0 Å². The molecule has 0 aromatic heterocycles. The molecule has 1 saturated carbocycles. The lowest BCUT2D eigenvalue weighted by molar-refractivity contribution is -0.276. The van der Waals surface area contributed by atoms with E-state index in [1.165, 1.54) is 0 Å². The minimum atomic E-state index is -4.49. The van der Waals surface area contributed by atoms with Gasteiger partial charge >= 0.3 is 6.11 Å². The summed E-state index contributed by atoms with van der Waals surface area (Å²) in [5, 5.41) is 0. The second-order valence-electron chi connectivity index (χ2n) is 6.25. The molecule has 1 aromatic carbocycles. The van der Waals surface area contributed by atoms with Crippen LogP contribution in [0.2, 0.25) is 0 Å². The normalized spacial score (nSPS) is 26.8. The summed E-state index contributed by atoms with van der Waals surface area (Å²) in [6.45, 7) is 2.32. The molecule has 1 aliphatic carbocycles. The fourth-order valence-corrected chi connectivity index (χ4v) is 2.84. The molecule has 0 heterocycles. The van der Waals surface area contributed by atoms with Gasteiger partial charge in [-0.15, -0.1) is 0 Å². The Morgan fingerprint density at radius 3 is 2.08 bits per heavy atom. The van der Waals surface area contributed by atoms with Crippen LogP contribution in [0.15, 0.2) is 12.1 Å². The van der Waals surface area contributed by atoms with Crippen LogP contribution in [0, 0.1) is 11.6 Å². The summed E-state index contributed by atoms with van der Waals surface area (Å²) in [5.41, 5.74) is -4.48. The first-order chi connectivity index (χ1) is 10.9. The van der Waals surface area contributed by atoms with Crippen molar-refractivity contribution in [3.63, 3.8) is 0 Å². The lowest BCUT2D eigenvalue weighted by Crippen LogP contribution is -2.35. The van der Waals surface area contributed by atoms with Crippen molar-refractivity contribution in [1.29, 1.82) is 0 Å². The highest BCUT2D eigenvalue weighted by Crippen LogP contribution is 2.49. The van der Waals surface area contributed by atoms with Gasteiger partial charge in [-0.2, -0.15) is 8.78 Å². The van der Waals surface area contributed by atoms with Crippen molar-refractivity contribution < 1.29 is 35.5 Å². The van der Waals surface area contributed by atoms with Crippen LogP contribution in [0.1, 0.15) is 44.2 Å². The van der Waals surface area contributed by atoms with Gasteiger partial charge in [-0.05, 0) is 31.0 Å². The molecular formula is C16H17F7O. The molecule has 8 heteroatoms. The summed E-state index contributed by atoms with van der Waals surface area (Å²) < 4.78 is 101. The molecule has 0 spiro atoms. The molecular weight excluding hydrogens is 341 g/mol. The van der Waals surface area contributed by atoms with Gasteiger partial charge in [-0.1, -0.05) is 13.3 Å². The summed E-state index contributed by atoms with van der Waals surface area (Å²) in [4.78, 5) is 0. The summed E-state index contributed by atoms with van der Waals surface area (Å²) in [5.74, 6) is -6.91. The molecule has 0 aliphatic heterocycles. The van der Waals surface area contributed by atoms with Crippen LogP contribution in [-0.2, 0) is 17.3 Å². The molecule has 0 radical (unpaired) electrons. The standard InChI is InChI=1S/C16H17F7O/c1-3-4-9-5-11(17)13(12(18)6-9)16(22,23)24-10-7-14(2,19)15(20,21)8-10/h5-6,10H,3-4,7-8H2,1-2H3. The Kier molecular flexibility index (Phi) is 4.92. The van der Waals surface area contributed by atoms with Gasteiger partial charge < -0.3 is 4.74 Å². The van der Waals surface area contributed by atoms with E-state index in [4.69, 9.17) is 0 Å². The average molecular weight is 358 g/mol. The van der Waals surface area contributed by atoms with Gasteiger partial charge in [0.05, 0.1) is 6.10 Å². The molecule has 0 bridgehead atoms. The monoisotopic (exact) mass is 358 g/mol. The zero-order valence-electron chi connectivity index (χ0n) is 13.1. The van der Waals surface area contributed by atoms with Gasteiger partial charge in [0.2, 0.25) is 0 Å². The molecule has 2 atom stereocenters. The predicted molar refractivity (Wildman–Crippen MR) is 72.8 cm³/mol. The Labute approximate surface area is 134 Å². The Balaban J connectivity index is 2.25. The summed E-state index contributed by atoms with van der Waals surface area (Å²) in [6.07, 6.45) is -7.79. The highest BCUT2D eigenvalue weighted by molar-refractivity contribution is 5.28. The fraction of sp³-hybridized carbons (Fsp3) is 0.625. The molecule has 1 aromatic rings. The lowest BCUT2D eigenvalue weighted by atomic mass is 10.0. The van der Waals surface area contributed by atoms with Crippen LogP contribution in [0.3, 0.4) is 0 Å². The van der Waals surface area contributed by atoms with Crippen molar-refractivity contribution in [3.05, 3.63) is 34.9 Å². The van der Waals surface area contributed by atoms with E-state index in [-0.39, 0.29) is 12.0 Å². The van der Waals surface area contributed by atoms with Crippen molar-refractivity contribution in [1.82, 2.24) is 0 Å². The van der Waals surface area contributed by atoms with E-state index in [9.17, 15) is 30.7 Å². The SMILES string of the molecule is CCCc1cc(F)c(C(F)(F)OC2CC(C)(F)C(F)(F)C2)c(F)c1. The quantitative estimate of drug-likeness (QED) is 0.631. The first-order valence-corrected chi connectivity index (χ1v) is 7.50. The van der Waals surface area contributed by atoms with E-state index in [0.29, 0.717) is 13.3 Å². The first kappa shape index (κ1) is 19.0. The predicted octanol–water partition coefficient (Wildman–Crippen LogP) is 5.51. The molecule has 0 N–H and O–H groups in total. The van der Waals surface area contributed by atoms with Crippen molar-refractivity contribution in [2.24, 2.45) is 0 Å². The van der Waals surface area contributed by atoms with E-state index in [0.717, 1.165) is 12.1 Å². The van der Waals surface area contributed by atoms with Gasteiger partial charge in [-0.25, -0.2) is 22.0 Å². The fourth-order valence-electron chi connectivity index (χ4n) is 2.84. The highest BCUT2D eigenvalue weighted by atomic mass is 19.3. The third-order valence-corrected chi connectivity index (χ3v) is 4.10. The third-order valence-electron chi connectivity index (χ3n) is 4.10. The second-order valence-corrected chi connectivity index (χ2v) is 6.25. The van der Waals surface area contributed by atoms with Crippen LogP contribution in [0.25, 0.3) is 0 Å². The first-order valence-electron chi connectivity index (χ1n) is 7.50. The Hall–Kier alpha value is -1.31. The van der Waals surface area contributed by atoms with Crippen LogP contribution >= 0.6 is 0 Å². The van der Waals surface area contributed by atoms with E-state index < -0.39 is 53.8 Å². The smallest absolute Gasteiger partial charge is 0.313 e. The van der Waals surface area contributed by atoms with E-state index in [1.54, 1.807) is 6.92 Å². The summed E-state index contributed by atoms with van der Waals surface area (Å²) >= 11 is 0. The molecule has 0 amide bonds. The lowest BCUT2D eigenvalue weighted by Gasteiger charge is -2.22. The topological polar surface area (TPSA) is 9.23 Å². The van der Waals surface area contributed by atoms with Gasteiger partial charge in [0.25, 0.3) is 5.92 Å². The Morgan fingerprint density at radius 2 is 1.67 bits per heavy atom. The number of aryl methyl sites for hydroxylation is 1. The van der Waals surface area contributed by atoms with Gasteiger partial charge in [-0.3, -0.25) is 0 Å². The Morgan fingerprint density at radius 1 is 1.12 bits per heavy atom. The van der Waals surface area contributed by atoms with Crippen LogP contribution in [0.4, 0.5) is 30.7 Å². The van der Waals surface area contributed by atoms with Crippen molar-refractivity contribution in [3.8, 4) is 0 Å². The summed E-state index contributed by atoms with van der Waals surface area (Å²) in [6, 6.07) is 1.50. The van der Waals surface area contributed by atoms with Crippen LogP contribution in [0.5, 0.6) is 0 Å². The van der Waals surface area contributed by atoms with Gasteiger partial charge in [0.15, 0.2) is 5.67 Å². The number of hydrogen-bond donors (Lipinski definition) is 0. The second kappa shape index (κ2) is 6.20. The molecule has 1 fully saturated rings. The molecule has 1 nitrogen and oxygen atoms in total. The maximum atomic E-state index is 14.1. The number of halogens is 7. The number of benzene rings is 1. The molecule has 136 valence electrons. The van der Waals surface area contributed by atoms with Gasteiger partial charge in [0.1, 0.15) is 17.2 Å². The number of hydrogen-bond acceptors (Lipinski definition) is 1. The largest absolute Gasteiger partial charge is 0.389 e. The van der Waals surface area contributed by atoms with Crippen molar-refractivity contribution >= 4 is 0 Å². The third kappa shape index (κ3) is 3.53.